The lowest BCUT2D eigenvalue weighted by molar-refractivity contribution is -0.116. The molecule has 7 nitrogen and oxygen atoms in total. The molecule has 0 unspecified atom stereocenters. The van der Waals surface area contributed by atoms with Gasteiger partial charge in [0, 0.05) is 25.1 Å². The first kappa shape index (κ1) is 17.9. The monoisotopic (exact) mass is 359 g/mol. The molecule has 0 atom stereocenters. The minimum Gasteiger partial charge on any atom is -0.360 e. The largest absolute Gasteiger partial charge is 0.360 e. The fourth-order valence-corrected chi connectivity index (χ4v) is 2.88. The van der Waals surface area contributed by atoms with E-state index in [0.717, 1.165) is 28.8 Å². The summed E-state index contributed by atoms with van der Waals surface area (Å²) in [5, 5.41) is 6.02. The van der Waals surface area contributed by atoms with Crippen molar-refractivity contribution < 1.29 is 26.5 Å². The number of amides is 1. The summed E-state index contributed by atoms with van der Waals surface area (Å²) in [6, 6.07) is 4.20. The minimum atomic E-state index is -3.78. The predicted molar refractivity (Wildman–Crippen MR) is 83.0 cm³/mol. The quantitative estimate of drug-likeness (QED) is 0.852. The predicted octanol–water partition coefficient (Wildman–Crippen LogP) is 2.06. The summed E-state index contributed by atoms with van der Waals surface area (Å²) in [5.41, 5.74) is -0.0681. The molecule has 1 amide bonds. The van der Waals surface area contributed by atoms with Crippen molar-refractivity contribution in [1.29, 1.82) is 0 Å². The lowest BCUT2D eigenvalue weighted by atomic mass is 10.3. The standard InChI is InChI=1S/C14H15F2N3O4S/c1-9-7-13(18-23-9)17-14(20)5-6-19(24(2,21)22)10-3-4-11(15)12(16)8-10/h3-4,7-8H,5-6H2,1-2H3,(H,17,18,20). The molecule has 10 heteroatoms. The summed E-state index contributed by atoms with van der Waals surface area (Å²) in [5.74, 6) is -2.06. The molecule has 1 aromatic carbocycles. The fourth-order valence-electron chi connectivity index (χ4n) is 1.96. The summed E-state index contributed by atoms with van der Waals surface area (Å²) < 4.78 is 55.6. The first-order chi connectivity index (χ1) is 11.2. The molecule has 2 aromatic rings. The van der Waals surface area contributed by atoms with Crippen LogP contribution in [0.15, 0.2) is 28.8 Å². The third kappa shape index (κ3) is 4.51. The normalized spacial score (nSPS) is 11.3. The van der Waals surface area contributed by atoms with E-state index in [4.69, 9.17) is 4.52 Å². The molecule has 0 saturated heterocycles. The van der Waals surface area contributed by atoms with Crippen LogP contribution in [0, 0.1) is 18.6 Å². The van der Waals surface area contributed by atoms with Gasteiger partial charge in [0.05, 0.1) is 11.9 Å². The van der Waals surface area contributed by atoms with Crippen LogP contribution in [-0.2, 0) is 14.8 Å². The second-order valence-electron chi connectivity index (χ2n) is 5.05. The molecular weight excluding hydrogens is 344 g/mol. The number of sulfonamides is 1. The van der Waals surface area contributed by atoms with Gasteiger partial charge < -0.3 is 9.84 Å². The van der Waals surface area contributed by atoms with Gasteiger partial charge in [0.15, 0.2) is 17.5 Å². The van der Waals surface area contributed by atoms with E-state index in [-0.39, 0.29) is 24.5 Å². The fraction of sp³-hybridized carbons (Fsp3) is 0.286. The van der Waals surface area contributed by atoms with Gasteiger partial charge in [0.1, 0.15) is 5.76 Å². The highest BCUT2D eigenvalue weighted by atomic mass is 32.2. The molecule has 130 valence electrons. The van der Waals surface area contributed by atoms with Crippen molar-refractivity contribution in [3.63, 3.8) is 0 Å². The van der Waals surface area contributed by atoms with E-state index in [1.165, 1.54) is 6.07 Å². The Bertz CT molecular complexity index is 851. The van der Waals surface area contributed by atoms with Crippen LogP contribution in [0.5, 0.6) is 0 Å². The van der Waals surface area contributed by atoms with Gasteiger partial charge in [-0.25, -0.2) is 17.2 Å². The number of hydrogen-bond donors (Lipinski definition) is 1. The van der Waals surface area contributed by atoms with E-state index < -0.39 is 27.6 Å². The Morgan fingerprint density at radius 1 is 1.29 bits per heavy atom. The van der Waals surface area contributed by atoms with E-state index in [2.05, 4.69) is 10.5 Å². The Hall–Kier alpha value is -2.49. The average Bonchev–Trinajstić information content (AvgIpc) is 2.86. The van der Waals surface area contributed by atoms with Gasteiger partial charge in [0.2, 0.25) is 15.9 Å². The van der Waals surface area contributed by atoms with Crippen molar-refractivity contribution in [3.8, 4) is 0 Å². The molecule has 0 saturated carbocycles. The number of anilines is 2. The zero-order chi connectivity index (χ0) is 17.9. The number of rotatable bonds is 6. The van der Waals surface area contributed by atoms with Crippen LogP contribution >= 0.6 is 0 Å². The van der Waals surface area contributed by atoms with E-state index in [0.29, 0.717) is 5.76 Å². The van der Waals surface area contributed by atoms with Gasteiger partial charge in [0.25, 0.3) is 0 Å². The highest BCUT2D eigenvalue weighted by Gasteiger charge is 2.20. The third-order valence-electron chi connectivity index (χ3n) is 3.03. The smallest absolute Gasteiger partial charge is 0.232 e. The Morgan fingerprint density at radius 2 is 2.00 bits per heavy atom. The van der Waals surface area contributed by atoms with Crippen molar-refractivity contribution in [3.05, 3.63) is 41.7 Å². The number of halogens is 2. The molecule has 0 fully saturated rings. The lowest BCUT2D eigenvalue weighted by Crippen LogP contribution is -2.33. The molecular formula is C14H15F2N3O4S. The maximum atomic E-state index is 13.3. The Kier molecular flexibility index (Phi) is 5.17. The Morgan fingerprint density at radius 3 is 2.54 bits per heavy atom. The van der Waals surface area contributed by atoms with E-state index >= 15 is 0 Å². The van der Waals surface area contributed by atoms with E-state index in [9.17, 15) is 22.0 Å². The molecule has 0 radical (unpaired) electrons. The average molecular weight is 359 g/mol. The zero-order valence-electron chi connectivity index (χ0n) is 12.9. The van der Waals surface area contributed by atoms with Gasteiger partial charge >= 0.3 is 0 Å². The molecule has 0 aliphatic rings. The minimum absolute atomic E-state index is 0.0681. The molecule has 0 aliphatic heterocycles. The van der Waals surface area contributed by atoms with Gasteiger partial charge in [-0.2, -0.15) is 0 Å². The summed E-state index contributed by atoms with van der Waals surface area (Å²) in [7, 11) is -3.78. The number of carbonyl (C=O) groups is 1. The van der Waals surface area contributed by atoms with Gasteiger partial charge in [-0.3, -0.25) is 9.10 Å². The SMILES string of the molecule is Cc1cc(NC(=O)CCN(c2ccc(F)c(F)c2)S(C)(=O)=O)no1. The maximum Gasteiger partial charge on any atom is 0.232 e. The lowest BCUT2D eigenvalue weighted by Gasteiger charge is -2.22. The van der Waals surface area contributed by atoms with Crippen LogP contribution in [0.3, 0.4) is 0 Å². The molecule has 1 heterocycles. The topological polar surface area (TPSA) is 92.5 Å². The molecule has 0 aliphatic carbocycles. The highest BCUT2D eigenvalue weighted by molar-refractivity contribution is 7.92. The van der Waals surface area contributed by atoms with Crippen LogP contribution in [-0.4, -0.2) is 32.3 Å². The van der Waals surface area contributed by atoms with Crippen LogP contribution in [0.4, 0.5) is 20.3 Å². The third-order valence-corrected chi connectivity index (χ3v) is 4.22. The van der Waals surface area contributed by atoms with E-state index in [1.54, 1.807) is 6.92 Å². The maximum absolute atomic E-state index is 13.3. The number of nitrogens with one attached hydrogen (secondary N) is 1. The zero-order valence-corrected chi connectivity index (χ0v) is 13.7. The van der Waals surface area contributed by atoms with Crippen molar-refractivity contribution in [2.45, 2.75) is 13.3 Å². The Labute approximate surface area is 137 Å². The summed E-state index contributed by atoms with van der Waals surface area (Å²) in [4.78, 5) is 11.9. The van der Waals surface area contributed by atoms with Crippen LogP contribution in [0.25, 0.3) is 0 Å². The van der Waals surface area contributed by atoms with Gasteiger partial charge in [-0.1, -0.05) is 5.16 Å². The highest BCUT2D eigenvalue weighted by Crippen LogP contribution is 2.21. The van der Waals surface area contributed by atoms with Gasteiger partial charge in [-0.15, -0.1) is 0 Å². The summed E-state index contributed by atoms with van der Waals surface area (Å²) >= 11 is 0. The molecule has 1 N–H and O–H groups in total. The van der Waals surface area contributed by atoms with E-state index in [1.807, 2.05) is 0 Å². The molecule has 1 aromatic heterocycles. The molecule has 24 heavy (non-hydrogen) atoms. The Balaban J connectivity index is 2.09. The second-order valence-corrected chi connectivity index (χ2v) is 6.96. The van der Waals surface area contributed by atoms with Crippen molar-refractivity contribution >= 4 is 27.4 Å². The molecule has 0 spiro atoms. The van der Waals surface area contributed by atoms with Gasteiger partial charge in [-0.05, 0) is 19.1 Å². The van der Waals surface area contributed by atoms with Crippen molar-refractivity contribution in [1.82, 2.24) is 5.16 Å². The number of hydrogen-bond acceptors (Lipinski definition) is 5. The summed E-state index contributed by atoms with van der Waals surface area (Å²) in [6.45, 7) is 1.41. The molecule has 0 bridgehead atoms. The summed E-state index contributed by atoms with van der Waals surface area (Å²) in [6.07, 6.45) is 0.700. The number of aryl methyl sites for hydroxylation is 1. The number of carbonyl (C=O) groups excluding carboxylic acids is 1. The molecule has 2 rings (SSSR count). The van der Waals surface area contributed by atoms with Crippen LogP contribution in [0.1, 0.15) is 12.2 Å². The number of aromatic nitrogens is 1. The van der Waals surface area contributed by atoms with Crippen molar-refractivity contribution in [2.75, 3.05) is 22.4 Å². The second kappa shape index (κ2) is 6.95. The number of benzene rings is 1. The van der Waals surface area contributed by atoms with Crippen molar-refractivity contribution in [2.24, 2.45) is 0 Å². The van der Waals surface area contributed by atoms with Crippen LogP contribution in [0.2, 0.25) is 0 Å². The van der Waals surface area contributed by atoms with Crippen LogP contribution < -0.4 is 9.62 Å². The first-order valence-electron chi connectivity index (χ1n) is 6.83. The number of nitrogens with zero attached hydrogens (tertiary/aromatic N) is 2. The first-order valence-corrected chi connectivity index (χ1v) is 8.67.